The molecule has 0 bridgehead atoms. The minimum Gasteiger partial charge on any atom is -0.495 e. The molecular weight excluding hydrogens is 322 g/mol. The fourth-order valence-electron chi connectivity index (χ4n) is 2.80. The van der Waals surface area contributed by atoms with Crippen LogP contribution in [0.1, 0.15) is 15.2 Å². The number of para-hydroxylation sites is 1. The van der Waals surface area contributed by atoms with Gasteiger partial charge in [-0.15, -0.1) is 11.3 Å². The van der Waals surface area contributed by atoms with Gasteiger partial charge in [0.25, 0.3) is 5.91 Å². The van der Waals surface area contributed by atoms with Crippen molar-refractivity contribution >= 4 is 44.9 Å². The van der Waals surface area contributed by atoms with Gasteiger partial charge in [0.1, 0.15) is 16.9 Å². The quantitative estimate of drug-likeness (QED) is 0.558. The van der Waals surface area contributed by atoms with Gasteiger partial charge in [0.2, 0.25) is 0 Å². The van der Waals surface area contributed by atoms with Crippen LogP contribution >= 0.6 is 11.3 Å². The zero-order chi connectivity index (χ0) is 16.7. The van der Waals surface area contributed by atoms with Crippen molar-refractivity contribution < 1.29 is 13.9 Å². The Morgan fingerprint density at radius 2 is 1.96 bits per heavy atom. The number of benzene rings is 2. The van der Waals surface area contributed by atoms with Crippen LogP contribution < -0.4 is 10.1 Å². The highest BCUT2D eigenvalue weighted by Crippen LogP contribution is 2.36. The third-order valence-corrected chi connectivity index (χ3v) is 5.03. The Kier molecular flexibility index (Phi) is 3.50. The molecule has 2 heterocycles. The second kappa shape index (κ2) is 5.69. The van der Waals surface area contributed by atoms with E-state index in [0.717, 1.165) is 27.5 Å². The van der Waals surface area contributed by atoms with Gasteiger partial charge in [0.05, 0.1) is 17.7 Å². The minimum atomic E-state index is -0.142. The molecule has 4 aromatic rings. The number of furan rings is 1. The van der Waals surface area contributed by atoms with Gasteiger partial charge >= 0.3 is 0 Å². The van der Waals surface area contributed by atoms with Crippen molar-refractivity contribution in [1.82, 2.24) is 0 Å². The third kappa shape index (κ3) is 2.34. The fourth-order valence-corrected chi connectivity index (χ4v) is 3.62. The number of nitrogens with one attached hydrogen (secondary N) is 1. The van der Waals surface area contributed by atoms with Crippen LogP contribution in [0.5, 0.6) is 5.75 Å². The average molecular weight is 337 g/mol. The number of anilines is 1. The molecule has 2 aromatic carbocycles. The minimum absolute atomic E-state index is 0.142. The molecule has 4 rings (SSSR count). The molecule has 2 aromatic heterocycles. The first-order valence-electron chi connectivity index (χ1n) is 7.52. The largest absolute Gasteiger partial charge is 0.495 e. The second-order valence-electron chi connectivity index (χ2n) is 5.53. The van der Waals surface area contributed by atoms with Crippen molar-refractivity contribution in [2.75, 3.05) is 12.4 Å². The van der Waals surface area contributed by atoms with E-state index in [-0.39, 0.29) is 5.91 Å². The van der Waals surface area contributed by atoms with E-state index in [4.69, 9.17) is 9.15 Å². The number of aryl methyl sites for hydroxylation is 1. The zero-order valence-corrected chi connectivity index (χ0v) is 14.1. The van der Waals surface area contributed by atoms with E-state index >= 15 is 0 Å². The molecule has 5 heteroatoms. The maximum atomic E-state index is 12.5. The molecule has 4 nitrogen and oxygen atoms in total. The first-order chi connectivity index (χ1) is 11.7. The van der Waals surface area contributed by atoms with Crippen molar-refractivity contribution in [2.45, 2.75) is 6.92 Å². The van der Waals surface area contributed by atoms with Gasteiger partial charge in [-0.3, -0.25) is 4.79 Å². The summed E-state index contributed by atoms with van der Waals surface area (Å²) in [6, 6.07) is 13.5. The number of methoxy groups -OCH3 is 1. The van der Waals surface area contributed by atoms with E-state index in [2.05, 4.69) is 5.32 Å². The summed E-state index contributed by atoms with van der Waals surface area (Å²) in [7, 11) is 1.59. The predicted molar refractivity (Wildman–Crippen MR) is 97.3 cm³/mol. The van der Waals surface area contributed by atoms with Crippen molar-refractivity contribution in [2.24, 2.45) is 0 Å². The Morgan fingerprint density at radius 1 is 1.12 bits per heavy atom. The first-order valence-corrected chi connectivity index (χ1v) is 8.40. The number of amides is 1. The Bertz CT molecular complexity index is 1060. The molecule has 0 aliphatic carbocycles. The van der Waals surface area contributed by atoms with Crippen molar-refractivity contribution in [1.29, 1.82) is 0 Å². The highest BCUT2D eigenvalue weighted by Gasteiger charge is 2.16. The number of thiophene rings is 1. The molecule has 0 unspecified atom stereocenters. The van der Waals surface area contributed by atoms with Gasteiger partial charge in [0, 0.05) is 16.8 Å². The second-order valence-corrected chi connectivity index (χ2v) is 6.45. The van der Waals surface area contributed by atoms with Gasteiger partial charge in [0.15, 0.2) is 0 Å². The summed E-state index contributed by atoms with van der Waals surface area (Å²) in [6.45, 7) is 1.92. The summed E-state index contributed by atoms with van der Waals surface area (Å²) < 4.78 is 11.4. The molecule has 0 saturated carbocycles. The van der Waals surface area contributed by atoms with Crippen LogP contribution in [0.4, 0.5) is 5.69 Å². The van der Waals surface area contributed by atoms with Crippen LogP contribution in [0, 0.1) is 6.92 Å². The summed E-state index contributed by atoms with van der Waals surface area (Å²) >= 11 is 1.42. The molecule has 0 radical (unpaired) electrons. The normalized spacial score (nSPS) is 11.1. The monoisotopic (exact) mass is 337 g/mol. The lowest BCUT2D eigenvalue weighted by atomic mass is 10.1. The molecule has 0 aliphatic heterocycles. The van der Waals surface area contributed by atoms with E-state index in [0.29, 0.717) is 16.3 Å². The predicted octanol–water partition coefficient (Wildman–Crippen LogP) is 5.22. The molecular formula is C19H15NO3S. The molecule has 1 amide bonds. The molecule has 0 aliphatic rings. The summed E-state index contributed by atoms with van der Waals surface area (Å²) in [6.07, 6.45) is 0. The topological polar surface area (TPSA) is 51.5 Å². The van der Waals surface area contributed by atoms with Crippen LogP contribution in [-0.2, 0) is 0 Å². The lowest BCUT2D eigenvalue weighted by molar-refractivity contribution is 0.102. The lowest BCUT2D eigenvalue weighted by Gasteiger charge is -2.10. The SMILES string of the molecule is COc1cc2c(cc1NC(=O)c1sccc1C)oc1ccccc12. The maximum absolute atomic E-state index is 12.5. The van der Waals surface area contributed by atoms with Gasteiger partial charge < -0.3 is 14.5 Å². The van der Waals surface area contributed by atoms with Gasteiger partial charge in [-0.25, -0.2) is 0 Å². The first kappa shape index (κ1) is 14.8. The third-order valence-electron chi connectivity index (χ3n) is 4.02. The molecule has 120 valence electrons. The summed E-state index contributed by atoms with van der Waals surface area (Å²) in [5.74, 6) is 0.466. The number of hydrogen-bond acceptors (Lipinski definition) is 4. The van der Waals surface area contributed by atoms with Crippen LogP contribution in [0.3, 0.4) is 0 Å². The fraction of sp³-hybridized carbons (Fsp3) is 0.105. The highest BCUT2D eigenvalue weighted by molar-refractivity contribution is 7.12. The maximum Gasteiger partial charge on any atom is 0.266 e. The van der Waals surface area contributed by atoms with E-state index in [1.165, 1.54) is 11.3 Å². The molecule has 0 saturated heterocycles. The van der Waals surface area contributed by atoms with E-state index in [9.17, 15) is 4.79 Å². The van der Waals surface area contributed by atoms with E-state index in [1.54, 1.807) is 7.11 Å². The summed E-state index contributed by atoms with van der Waals surface area (Å²) in [4.78, 5) is 13.2. The number of rotatable bonds is 3. The smallest absolute Gasteiger partial charge is 0.266 e. The van der Waals surface area contributed by atoms with Crippen molar-refractivity contribution in [3.63, 3.8) is 0 Å². The van der Waals surface area contributed by atoms with Gasteiger partial charge in [-0.2, -0.15) is 0 Å². The Balaban J connectivity index is 1.81. The van der Waals surface area contributed by atoms with Crippen LogP contribution in [0.2, 0.25) is 0 Å². The average Bonchev–Trinajstić information content (AvgIpc) is 3.17. The Morgan fingerprint density at radius 3 is 2.71 bits per heavy atom. The standard InChI is InChI=1S/C19H15NO3S/c1-11-7-8-24-18(11)19(21)20-14-10-16-13(9-17(14)22-2)12-5-3-4-6-15(12)23-16/h3-10H,1-2H3,(H,20,21). The van der Waals surface area contributed by atoms with E-state index in [1.807, 2.05) is 54.8 Å². The summed E-state index contributed by atoms with van der Waals surface area (Å²) in [5.41, 5.74) is 3.09. The number of ether oxygens (including phenoxy) is 1. The number of fused-ring (bicyclic) bond motifs is 3. The van der Waals surface area contributed by atoms with E-state index < -0.39 is 0 Å². The molecule has 24 heavy (non-hydrogen) atoms. The van der Waals surface area contributed by atoms with Gasteiger partial charge in [-0.1, -0.05) is 18.2 Å². The highest BCUT2D eigenvalue weighted by atomic mass is 32.1. The number of hydrogen-bond donors (Lipinski definition) is 1. The zero-order valence-electron chi connectivity index (χ0n) is 13.3. The van der Waals surface area contributed by atoms with Crippen LogP contribution in [-0.4, -0.2) is 13.0 Å². The molecule has 0 spiro atoms. The van der Waals surface area contributed by atoms with Gasteiger partial charge in [-0.05, 0) is 36.1 Å². The number of carbonyl (C=O) groups is 1. The van der Waals surface area contributed by atoms with Crippen LogP contribution in [0.15, 0.2) is 52.3 Å². The molecule has 1 N–H and O–H groups in total. The summed E-state index contributed by atoms with van der Waals surface area (Å²) in [5, 5.41) is 6.83. The molecule has 0 atom stereocenters. The Labute approximate surface area is 142 Å². The van der Waals surface area contributed by atoms with Crippen LogP contribution in [0.25, 0.3) is 21.9 Å². The number of carbonyl (C=O) groups excluding carboxylic acids is 1. The van der Waals surface area contributed by atoms with Crippen molar-refractivity contribution in [3.05, 3.63) is 58.3 Å². The lowest BCUT2D eigenvalue weighted by Crippen LogP contribution is -2.12. The van der Waals surface area contributed by atoms with Crippen molar-refractivity contribution in [3.8, 4) is 5.75 Å². The molecule has 0 fully saturated rings. The Hall–Kier alpha value is -2.79.